The summed E-state index contributed by atoms with van der Waals surface area (Å²) in [7, 11) is -3.61. The molecular weight excluding hydrogens is 644 g/mol. The number of carbonyl (C=O) groups is 2. The Hall–Kier alpha value is -3.86. The number of halogens is 4. The lowest BCUT2D eigenvalue weighted by atomic mass is 9.96. The monoisotopic (exact) mass is 680 g/mol. The van der Waals surface area contributed by atoms with E-state index in [0.717, 1.165) is 24.5 Å². The topological polar surface area (TPSA) is 151 Å². The van der Waals surface area contributed by atoms with E-state index in [0.29, 0.717) is 43.7 Å². The molecule has 1 saturated heterocycles. The van der Waals surface area contributed by atoms with E-state index < -0.39 is 46.1 Å². The van der Waals surface area contributed by atoms with Gasteiger partial charge in [-0.3, -0.25) is 14.3 Å². The number of piperidine rings is 1. The Kier molecular flexibility index (Phi) is 10.1. The van der Waals surface area contributed by atoms with E-state index >= 15 is 0 Å². The lowest BCUT2D eigenvalue weighted by Gasteiger charge is -2.32. The van der Waals surface area contributed by atoms with Crippen LogP contribution in [-0.2, 0) is 47.0 Å². The van der Waals surface area contributed by atoms with Gasteiger partial charge in [-0.15, -0.1) is 0 Å². The molecule has 2 amide bonds. The first-order valence-corrected chi connectivity index (χ1v) is 16.9. The molecule has 1 aromatic heterocycles. The van der Waals surface area contributed by atoms with Gasteiger partial charge >= 0.3 is 6.18 Å². The van der Waals surface area contributed by atoms with Gasteiger partial charge in [0.2, 0.25) is 15.9 Å². The van der Waals surface area contributed by atoms with Gasteiger partial charge in [-0.2, -0.15) is 22.6 Å². The lowest BCUT2D eigenvalue weighted by molar-refractivity contribution is -0.138. The van der Waals surface area contributed by atoms with Crippen LogP contribution in [0.5, 0.6) is 0 Å². The highest BCUT2D eigenvalue weighted by atomic mass is 32.2. The number of nitrogens with one attached hydrogen (secondary N) is 1. The zero-order valence-corrected chi connectivity index (χ0v) is 26.5. The fraction of sp³-hybridized carbons (Fsp3) is 0.452. The molecule has 2 aromatic carbocycles. The molecule has 2 aliphatic heterocycles. The predicted octanol–water partition coefficient (Wildman–Crippen LogP) is 2.51. The van der Waals surface area contributed by atoms with Crippen molar-refractivity contribution in [2.24, 2.45) is 11.7 Å². The van der Waals surface area contributed by atoms with E-state index in [-0.39, 0.29) is 60.3 Å². The lowest BCUT2D eigenvalue weighted by Crippen LogP contribution is -2.43. The molecule has 0 saturated carbocycles. The number of β-amino-alcohol motifs (C(OH)–C–C–N with tert-alkyl or cyclic N) is 1. The molecule has 11 nitrogen and oxygen atoms in total. The van der Waals surface area contributed by atoms with Crippen LogP contribution in [0.15, 0.2) is 42.5 Å². The molecule has 254 valence electrons. The summed E-state index contributed by atoms with van der Waals surface area (Å²) in [6.45, 7) is 1.13. The van der Waals surface area contributed by atoms with Crippen LogP contribution in [0.1, 0.15) is 45.6 Å². The molecule has 0 bridgehead atoms. The van der Waals surface area contributed by atoms with Crippen molar-refractivity contribution >= 4 is 21.8 Å². The van der Waals surface area contributed by atoms with Crippen LogP contribution in [0.3, 0.4) is 0 Å². The number of aromatic nitrogens is 2. The maximum absolute atomic E-state index is 14.0. The summed E-state index contributed by atoms with van der Waals surface area (Å²) < 4.78 is 83.1. The van der Waals surface area contributed by atoms with E-state index in [1.807, 2.05) is 4.90 Å². The standard InChI is InChI=1S/C31H36F4N6O5S/c1-47(45,46)40-13-10-27-25(18-40)28(38-41(27)17-24(42)16-39-11-8-19(9-12-39)29(36)43)21-4-7-26(31(33,34)35)22(14-21)15-37-30(44)20-2-5-23(32)6-3-20/h2-7,14,19,24,42H,8-13,15-18H2,1H3,(H2,36,43)(H,37,44). The summed E-state index contributed by atoms with van der Waals surface area (Å²) in [5.74, 6) is -1.80. The van der Waals surface area contributed by atoms with Gasteiger partial charge in [-0.25, -0.2) is 12.8 Å². The molecule has 0 spiro atoms. The number of aliphatic hydroxyl groups is 1. The summed E-state index contributed by atoms with van der Waals surface area (Å²) in [5.41, 5.74) is 5.99. The minimum Gasteiger partial charge on any atom is -0.390 e. The number of amides is 2. The van der Waals surface area contributed by atoms with Crippen LogP contribution in [0.2, 0.25) is 0 Å². The van der Waals surface area contributed by atoms with Crippen molar-refractivity contribution in [3.63, 3.8) is 0 Å². The third-order valence-electron chi connectivity index (χ3n) is 8.64. The first kappa shape index (κ1) is 34.5. The number of nitrogens with two attached hydrogens (primary N) is 1. The second-order valence-corrected chi connectivity index (χ2v) is 14.0. The predicted molar refractivity (Wildman–Crippen MR) is 164 cm³/mol. The fourth-order valence-corrected chi connectivity index (χ4v) is 6.92. The second-order valence-electron chi connectivity index (χ2n) is 12.0. The number of sulfonamides is 1. The third-order valence-corrected chi connectivity index (χ3v) is 9.89. The Bertz CT molecular complexity index is 1740. The van der Waals surface area contributed by atoms with Crippen molar-refractivity contribution in [1.82, 2.24) is 24.3 Å². The van der Waals surface area contributed by atoms with Crippen molar-refractivity contribution in [3.8, 4) is 11.3 Å². The Morgan fingerprint density at radius 1 is 1.09 bits per heavy atom. The number of aliphatic hydroxyl groups excluding tert-OH is 1. The normalized spacial score (nSPS) is 17.3. The largest absolute Gasteiger partial charge is 0.416 e. The maximum Gasteiger partial charge on any atom is 0.416 e. The number of hydrogen-bond acceptors (Lipinski definition) is 7. The number of likely N-dealkylation sites (tertiary alicyclic amines) is 1. The number of nitrogens with zero attached hydrogens (tertiary/aromatic N) is 4. The SMILES string of the molecule is CS(=O)(=O)N1CCc2c(c(-c3ccc(C(F)(F)F)c(CNC(=O)c4ccc(F)cc4)c3)nn2CC(O)CN2CCC(C(N)=O)CC2)C1. The first-order valence-electron chi connectivity index (χ1n) is 15.1. The molecule has 16 heteroatoms. The average Bonchev–Trinajstić information content (AvgIpc) is 3.36. The molecule has 5 rings (SSSR count). The van der Waals surface area contributed by atoms with Crippen molar-refractivity contribution in [2.45, 2.75) is 51.2 Å². The van der Waals surface area contributed by atoms with Crippen LogP contribution in [-0.4, -0.2) is 82.9 Å². The number of rotatable bonds is 10. The number of carbonyl (C=O) groups excluding carboxylic acids is 2. The summed E-state index contributed by atoms with van der Waals surface area (Å²) in [4.78, 5) is 26.1. The summed E-state index contributed by atoms with van der Waals surface area (Å²) in [5, 5.41) is 18.1. The van der Waals surface area contributed by atoms with Gasteiger partial charge in [-0.1, -0.05) is 6.07 Å². The van der Waals surface area contributed by atoms with E-state index in [1.165, 1.54) is 28.6 Å². The van der Waals surface area contributed by atoms with Crippen LogP contribution in [0, 0.1) is 11.7 Å². The highest BCUT2D eigenvalue weighted by molar-refractivity contribution is 7.88. The zero-order valence-electron chi connectivity index (χ0n) is 25.6. The minimum absolute atomic E-state index is 0.0537. The van der Waals surface area contributed by atoms with Gasteiger partial charge in [0.1, 0.15) is 5.82 Å². The van der Waals surface area contributed by atoms with E-state index in [4.69, 9.17) is 5.73 Å². The van der Waals surface area contributed by atoms with Crippen LogP contribution in [0.25, 0.3) is 11.3 Å². The summed E-state index contributed by atoms with van der Waals surface area (Å²) in [6.07, 6.45) is -3.09. The van der Waals surface area contributed by atoms with E-state index in [2.05, 4.69) is 10.4 Å². The van der Waals surface area contributed by atoms with E-state index in [9.17, 15) is 40.7 Å². The molecule has 3 heterocycles. The molecule has 1 atom stereocenters. The van der Waals surface area contributed by atoms with Crippen LogP contribution in [0.4, 0.5) is 17.6 Å². The number of alkyl halides is 3. The quantitative estimate of drug-likeness (QED) is 0.279. The Balaban J connectivity index is 1.44. The highest BCUT2D eigenvalue weighted by Crippen LogP contribution is 2.37. The zero-order chi connectivity index (χ0) is 34.1. The van der Waals surface area contributed by atoms with Gasteiger partial charge in [-0.05, 0) is 67.9 Å². The number of benzene rings is 2. The fourth-order valence-electron chi connectivity index (χ4n) is 6.13. The molecular formula is C31H36F4N6O5S. The Labute approximate surface area is 269 Å². The molecule has 3 aromatic rings. The summed E-state index contributed by atoms with van der Waals surface area (Å²) in [6, 6.07) is 7.98. The molecule has 0 aliphatic carbocycles. The third kappa shape index (κ3) is 8.17. The Morgan fingerprint density at radius 3 is 2.38 bits per heavy atom. The highest BCUT2D eigenvalue weighted by Gasteiger charge is 2.35. The minimum atomic E-state index is -4.74. The van der Waals surface area contributed by atoms with Crippen molar-refractivity contribution in [3.05, 3.63) is 76.2 Å². The Morgan fingerprint density at radius 2 is 1.77 bits per heavy atom. The van der Waals surface area contributed by atoms with Crippen molar-refractivity contribution in [1.29, 1.82) is 0 Å². The van der Waals surface area contributed by atoms with Crippen molar-refractivity contribution < 1.29 is 40.7 Å². The molecule has 2 aliphatic rings. The summed E-state index contributed by atoms with van der Waals surface area (Å²) >= 11 is 0. The van der Waals surface area contributed by atoms with Crippen molar-refractivity contribution in [2.75, 3.05) is 32.4 Å². The molecule has 0 radical (unpaired) electrons. The van der Waals surface area contributed by atoms with E-state index in [1.54, 1.807) is 4.68 Å². The maximum atomic E-state index is 14.0. The van der Waals surface area contributed by atoms with Gasteiger partial charge in [0.25, 0.3) is 5.91 Å². The smallest absolute Gasteiger partial charge is 0.390 e. The van der Waals surface area contributed by atoms with Gasteiger partial charge in [0.15, 0.2) is 0 Å². The van der Waals surface area contributed by atoms with Crippen LogP contribution < -0.4 is 11.1 Å². The van der Waals surface area contributed by atoms with Gasteiger partial charge in [0.05, 0.1) is 30.2 Å². The second kappa shape index (κ2) is 13.7. The van der Waals surface area contributed by atoms with Gasteiger partial charge < -0.3 is 21.1 Å². The van der Waals surface area contributed by atoms with Gasteiger partial charge in [0, 0.05) is 60.9 Å². The number of hydrogen-bond donors (Lipinski definition) is 3. The molecule has 4 N–H and O–H groups in total. The average molecular weight is 681 g/mol. The molecule has 1 fully saturated rings. The molecule has 1 unspecified atom stereocenters. The molecule has 47 heavy (non-hydrogen) atoms. The number of fused-ring (bicyclic) bond motifs is 1. The first-order chi connectivity index (χ1) is 22.1. The van der Waals surface area contributed by atoms with Crippen LogP contribution >= 0.6 is 0 Å². The number of primary amides is 1.